The first-order valence-corrected chi connectivity index (χ1v) is 8.95. The first-order chi connectivity index (χ1) is 9.95. The average molecular weight is 298 g/mol. The standard InChI is InChI=1S/C18H18S2/c1-3-9-17(10-4-1)15-19-13-7-8-14-20-16-18-11-5-2-6-12-18/h1-6,9-12H,13-16H2. The largest absolute Gasteiger partial charge is 0.144 e. The summed E-state index contributed by atoms with van der Waals surface area (Å²) in [6.45, 7) is 0. The predicted molar refractivity (Wildman–Crippen MR) is 93.0 cm³/mol. The van der Waals surface area contributed by atoms with Crippen LogP contribution in [0.15, 0.2) is 60.7 Å². The summed E-state index contributed by atoms with van der Waals surface area (Å²) in [6.07, 6.45) is 0. The molecule has 0 heterocycles. The maximum absolute atomic E-state index is 3.23. The highest BCUT2D eigenvalue weighted by molar-refractivity contribution is 7.99. The lowest BCUT2D eigenvalue weighted by molar-refractivity contribution is 1.41. The van der Waals surface area contributed by atoms with Crippen LogP contribution >= 0.6 is 23.5 Å². The van der Waals surface area contributed by atoms with Gasteiger partial charge in [-0.25, -0.2) is 0 Å². The fraction of sp³-hybridized carbons (Fsp3) is 0.222. The Bertz CT molecular complexity index is 488. The third kappa shape index (κ3) is 6.23. The Morgan fingerprint density at radius 3 is 1.40 bits per heavy atom. The van der Waals surface area contributed by atoms with Gasteiger partial charge in [-0.3, -0.25) is 0 Å². The van der Waals surface area contributed by atoms with E-state index in [0.717, 1.165) is 23.0 Å². The van der Waals surface area contributed by atoms with Gasteiger partial charge < -0.3 is 0 Å². The van der Waals surface area contributed by atoms with Crippen LogP contribution in [0.3, 0.4) is 0 Å². The highest BCUT2D eigenvalue weighted by Gasteiger charge is 1.91. The monoisotopic (exact) mass is 298 g/mol. The van der Waals surface area contributed by atoms with Crippen LogP contribution in [0, 0.1) is 11.8 Å². The van der Waals surface area contributed by atoms with E-state index in [0.29, 0.717) is 0 Å². The number of benzene rings is 2. The van der Waals surface area contributed by atoms with Crippen molar-refractivity contribution in [2.75, 3.05) is 11.5 Å². The van der Waals surface area contributed by atoms with Gasteiger partial charge in [-0.2, -0.15) is 0 Å². The van der Waals surface area contributed by atoms with Crippen LogP contribution in [0.5, 0.6) is 0 Å². The van der Waals surface area contributed by atoms with Gasteiger partial charge in [0.25, 0.3) is 0 Å². The summed E-state index contributed by atoms with van der Waals surface area (Å²) in [5.74, 6) is 10.4. The molecule has 0 aromatic heterocycles. The molecule has 0 atom stereocenters. The van der Waals surface area contributed by atoms with Crippen molar-refractivity contribution in [3.05, 3.63) is 71.8 Å². The predicted octanol–water partition coefficient (Wildman–Crippen LogP) is 4.86. The highest BCUT2D eigenvalue weighted by atomic mass is 32.2. The summed E-state index contributed by atoms with van der Waals surface area (Å²) in [5, 5.41) is 0. The quantitative estimate of drug-likeness (QED) is 0.552. The molecule has 0 spiro atoms. The Labute approximate surface area is 130 Å². The molecule has 0 saturated heterocycles. The third-order valence-corrected chi connectivity index (χ3v) is 4.47. The molecule has 0 amide bonds. The molecule has 0 unspecified atom stereocenters. The Kier molecular flexibility index (Phi) is 7.23. The number of hydrogen-bond acceptors (Lipinski definition) is 2. The van der Waals surface area contributed by atoms with E-state index in [1.54, 1.807) is 0 Å². The van der Waals surface area contributed by atoms with Gasteiger partial charge in [-0.05, 0) is 11.1 Å². The second-order valence-electron chi connectivity index (χ2n) is 4.31. The van der Waals surface area contributed by atoms with Crippen molar-refractivity contribution < 1.29 is 0 Å². The summed E-state index contributed by atoms with van der Waals surface area (Å²) in [4.78, 5) is 0. The molecular weight excluding hydrogens is 280 g/mol. The van der Waals surface area contributed by atoms with E-state index >= 15 is 0 Å². The lowest BCUT2D eigenvalue weighted by atomic mass is 10.2. The molecule has 0 N–H and O–H groups in total. The van der Waals surface area contributed by atoms with Crippen LogP contribution in [-0.2, 0) is 11.5 Å². The van der Waals surface area contributed by atoms with Gasteiger partial charge in [0.1, 0.15) is 0 Å². The minimum absolute atomic E-state index is 0.917. The Morgan fingerprint density at radius 1 is 0.600 bits per heavy atom. The van der Waals surface area contributed by atoms with Gasteiger partial charge in [-0.1, -0.05) is 72.5 Å². The molecule has 2 aromatic rings. The lowest BCUT2D eigenvalue weighted by Crippen LogP contribution is -1.82. The van der Waals surface area contributed by atoms with Crippen LogP contribution < -0.4 is 0 Å². The zero-order valence-corrected chi connectivity index (χ0v) is 13.1. The maximum atomic E-state index is 3.23. The fourth-order valence-electron chi connectivity index (χ4n) is 1.69. The minimum atomic E-state index is 0.917. The molecule has 2 rings (SSSR count). The molecule has 0 radical (unpaired) electrons. The third-order valence-electron chi connectivity index (χ3n) is 2.70. The molecule has 102 valence electrons. The summed E-state index contributed by atoms with van der Waals surface area (Å²) in [6, 6.07) is 21.1. The van der Waals surface area contributed by atoms with Crippen molar-refractivity contribution in [2.45, 2.75) is 11.5 Å². The molecule has 20 heavy (non-hydrogen) atoms. The smallest absolute Gasteiger partial charge is 0.0551 e. The highest BCUT2D eigenvalue weighted by Crippen LogP contribution is 2.12. The summed E-state index contributed by atoms with van der Waals surface area (Å²) < 4.78 is 0. The van der Waals surface area contributed by atoms with E-state index in [9.17, 15) is 0 Å². The van der Waals surface area contributed by atoms with Crippen LogP contribution in [0.4, 0.5) is 0 Å². The SMILES string of the molecule is C(#CCSCc1ccccc1)CSCc1ccccc1. The first-order valence-electron chi connectivity index (χ1n) is 6.64. The van der Waals surface area contributed by atoms with Crippen LogP contribution in [0.2, 0.25) is 0 Å². The molecule has 0 aliphatic rings. The molecule has 0 aliphatic carbocycles. The van der Waals surface area contributed by atoms with Crippen LogP contribution in [0.1, 0.15) is 11.1 Å². The minimum Gasteiger partial charge on any atom is -0.144 e. The van der Waals surface area contributed by atoms with E-state index < -0.39 is 0 Å². The van der Waals surface area contributed by atoms with Crippen molar-refractivity contribution in [2.24, 2.45) is 0 Å². The summed E-state index contributed by atoms with van der Waals surface area (Å²) in [5.41, 5.74) is 2.75. The number of rotatable bonds is 6. The van der Waals surface area contributed by atoms with Gasteiger partial charge >= 0.3 is 0 Å². The molecule has 2 aromatic carbocycles. The van der Waals surface area contributed by atoms with Gasteiger partial charge in [-0.15, -0.1) is 23.5 Å². The molecule has 0 bridgehead atoms. The van der Waals surface area contributed by atoms with Crippen molar-refractivity contribution in [1.29, 1.82) is 0 Å². The van der Waals surface area contributed by atoms with Crippen molar-refractivity contribution in [3.63, 3.8) is 0 Å². The van der Waals surface area contributed by atoms with E-state index in [2.05, 4.69) is 72.5 Å². The van der Waals surface area contributed by atoms with Crippen molar-refractivity contribution in [1.82, 2.24) is 0 Å². The average Bonchev–Trinajstić information content (AvgIpc) is 2.52. The summed E-state index contributed by atoms with van der Waals surface area (Å²) >= 11 is 3.76. The molecule has 0 aliphatic heterocycles. The molecular formula is C18H18S2. The van der Waals surface area contributed by atoms with Crippen LogP contribution in [-0.4, -0.2) is 11.5 Å². The molecule has 0 nitrogen and oxygen atoms in total. The Hall–Kier alpha value is -1.30. The fourth-order valence-corrected chi connectivity index (χ4v) is 3.16. The maximum Gasteiger partial charge on any atom is 0.0551 e. The number of thioether (sulfide) groups is 2. The zero-order valence-electron chi connectivity index (χ0n) is 11.4. The second-order valence-corrected chi connectivity index (χ2v) is 6.28. The van der Waals surface area contributed by atoms with Gasteiger partial charge in [0.2, 0.25) is 0 Å². The number of hydrogen-bond donors (Lipinski definition) is 0. The molecule has 2 heteroatoms. The van der Waals surface area contributed by atoms with Gasteiger partial charge in [0, 0.05) is 11.5 Å². The Morgan fingerprint density at radius 2 is 1.00 bits per heavy atom. The van der Waals surface area contributed by atoms with Gasteiger partial charge in [0.15, 0.2) is 0 Å². The topological polar surface area (TPSA) is 0 Å². The van der Waals surface area contributed by atoms with Crippen molar-refractivity contribution >= 4 is 23.5 Å². The molecule has 0 saturated carbocycles. The Balaban J connectivity index is 1.55. The first kappa shape index (κ1) is 15.1. The zero-order chi connectivity index (χ0) is 13.9. The second kappa shape index (κ2) is 9.58. The summed E-state index contributed by atoms with van der Waals surface area (Å²) in [7, 11) is 0. The van der Waals surface area contributed by atoms with E-state index in [1.165, 1.54) is 11.1 Å². The lowest BCUT2D eigenvalue weighted by Gasteiger charge is -1.98. The van der Waals surface area contributed by atoms with E-state index in [1.807, 2.05) is 23.5 Å². The van der Waals surface area contributed by atoms with Gasteiger partial charge in [0.05, 0.1) is 11.5 Å². The van der Waals surface area contributed by atoms with E-state index in [4.69, 9.17) is 0 Å². The normalized spacial score (nSPS) is 9.80. The van der Waals surface area contributed by atoms with Crippen LogP contribution in [0.25, 0.3) is 0 Å². The molecule has 0 fully saturated rings. The van der Waals surface area contributed by atoms with Crippen molar-refractivity contribution in [3.8, 4) is 11.8 Å². The van der Waals surface area contributed by atoms with E-state index in [-0.39, 0.29) is 0 Å².